The van der Waals surface area contributed by atoms with Crippen LogP contribution in [0.4, 0.5) is 0 Å². The van der Waals surface area contributed by atoms with Crippen LogP contribution in [0.2, 0.25) is 0 Å². The molecule has 0 aliphatic carbocycles. The Morgan fingerprint density at radius 1 is 1.38 bits per heavy atom. The van der Waals surface area contributed by atoms with Gasteiger partial charge in [-0.1, -0.05) is 28.1 Å². The zero-order valence-electron chi connectivity index (χ0n) is 10.1. The molecule has 0 saturated heterocycles. The van der Waals surface area contributed by atoms with Gasteiger partial charge >= 0.3 is 0 Å². The Balaban J connectivity index is 2.45. The monoisotopic (exact) mass is 285 g/mol. The number of nitrogens with one attached hydrogen (secondary N) is 1. The summed E-state index contributed by atoms with van der Waals surface area (Å²) in [6.45, 7) is 6.86. The van der Waals surface area contributed by atoms with Gasteiger partial charge < -0.3 is 10.4 Å². The molecule has 0 aromatic heterocycles. The molecule has 16 heavy (non-hydrogen) atoms. The molecule has 2 atom stereocenters. The molecule has 0 heterocycles. The smallest absolute Gasteiger partial charge is 0.0526 e. The van der Waals surface area contributed by atoms with Gasteiger partial charge in [0.25, 0.3) is 0 Å². The molecule has 0 radical (unpaired) electrons. The van der Waals surface area contributed by atoms with Crippen LogP contribution >= 0.6 is 15.9 Å². The second-order valence-electron chi connectivity index (χ2n) is 4.45. The molecule has 1 rings (SSSR count). The molecule has 0 spiro atoms. The Hall–Kier alpha value is -0.380. The van der Waals surface area contributed by atoms with Gasteiger partial charge in [-0.25, -0.2) is 0 Å². The van der Waals surface area contributed by atoms with E-state index in [0.29, 0.717) is 6.04 Å². The lowest BCUT2D eigenvalue weighted by Gasteiger charge is -2.15. The van der Waals surface area contributed by atoms with Crippen molar-refractivity contribution in [3.63, 3.8) is 0 Å². The van der Waals surface area contributed by atoms with Gasteiger partial charge in [0.15, 0.2) is 0 Å². The van der Waals surface area contributed by atoms with E-state index in [4.69, 9.17) is 0 Å². The molecule has 0 fully saturated rings. The Morgan fingerprint density at radius 3 is 2.62 bits per heavy atom. The molecule has 2 unspecified atom stereocenters. The maximum Gasteiger partial charge on any atom is 0.0526 e. The van der Waals surface area contributed by atoms with E-state index in [1.165, 1.54) is 11.1 Å². The van der Waals surface area contributed by atoms with E-state index in [1.807, 2.05) is 6.92 Å². The third-order valence-electron chi connectivity index (χ3n) is 2.57. The van der Waals surface area contributed by atoms with E-state index in [1.54, 1.807) is 0 Å². The van der Waals surface area contributed by atoms with Crippen LogP contribution in [0.5, 0.6) is 0 Å². The largest absolute Gasteiger partial charge is 0.393 e. The number of aliphatic hydroxyl groups is 1. The summed E-state index contributed by atoms with van der Waals surface area (Å²) in [6, 6.07) is 6.70. The zero-order valence-corrected chi connectivity index (χ0v) is 11.7. The maximum absolute atomic E-state index is 9.25. The molecule has 0 amide bonds. The Bertz CT molecular complexity index is 339. The van der Waals surface area contributed by atoms with Gasteiger partial charge in [-0.05, 0) is 44.4 Å². The molecule has 90 valence electrons. The highest BCUT2D eigenvalue weighted by molar-refractivity contribution is 9.10. The molecule has 2 nitrogen and oxygen atoms in total. The van der Waals surface area contributed by atoms with Gasteiger partial charge in [0.1, 0.15) is 0 Å². The van der Waals surface area contributed by atoms with Crippen LogP contribution < -0.4 is 5.32 Å². The fraction of sp³-hybridized carbons (Fsp3) is 0.538. The summed E-state index contributed by atoms with van der Waals surface area (Å²) in [5.41, 5.74) is 2.53. The lowest BCUT2D eigenvalue weighted by atomic mass is 10.1. The second-order valence-corrected chi connectivity index (χ2v) is 5.30. The summed E-state index contributed by atoms with van der Waals surface area (Å²) < 4.78 is 1.15. The van der Waals surface area contributed by atoms with Crippen molar-refractivity contribution in [1.29, 1.82) is 0 Å². The predicted octanol–water partition coefficient (Wildman–Crippen LogP) is 3.01. The quantitative estimate of drug-likeness (QED) is 0.872. The highest BCUT2D eigenvalue weighted by Crippen LogP contribution is 2.17. The van der Waals surface area contributed by atoms with Gasteiger partial charge in [-0.15, -0.1) is 0 Å². The van der Waals surface area contributed by atoms with Crippen LogP contribution in [-0.4, -0.2) is 17.3 Å². The zero-order chi connectivity index (χ0) is 12.1. The third kappa shape index (κ3) is 4.64. The van der Waals surface area contributed by atoms with E-state index in [2.05, 4.69) is 53.3 Å². The molecular formula is C13H20BrNO. The van der Waals surface area contributed by atoms with Crippen molar-refractivity contribution in [3.05, 3.63) is 33.8 Å². The highest BCUT2D eigenvalue weighted by atomic mass is 79.9. The van der Waals surface area contributed by atoms with Crippen molar-refractivity contribution >= 4 is 15.9 Å². The maximum atomic E-state index is 9.25. The van der Waals surface area contributed by atoms with Crippen LogP contribution in [0.1, 0.15) is 31.4 Å². The summed E-state index contributed by atoms with van der Waals surface area (Å²) in [5, 5.41) is 12.7. The van der Waals surface area contributed by atoms with Gasteiger partial charge in [-0.3, -0.25) is 0 Å². The normalized spacial score (nSPS) is 14.8. The van der Waals surface area contributed by atoms with Crippen LogP contribution in [-0.2, 0) is 6.54 Å². The fourth-order valence-corrected chi connectivity index (χ4v) is 1.95. The van der Waals surface area contributed by atoms with E-state index in [9.17, 15) is 5.11 Å². The molecule has 1 aromatic rings. The first-order valence-corrected chi connectivity index (χ1v) is 6.45. The first-order valence-electron chi connectivity index (χ1n) is 5.65. The predicted molar refractivity (Wildman–Crippen MR) is 71.5 cm³/mol. The number of rotatable bonds is 5. The molecule has 0 aliphatic heterocycles. The Morgan fingerprint density at radius 2 is 2.06 bits per heavy atom. The molecule has 1 aromatic carbocycles. The summed E-state index contributed by atoms with van der Waals surface area (Å²) in [4.78, 5) is 0. The van der Waals surface area contributed by atoms with Crippen LogP contribution in [0.15, 0.2) is 22.7 Å². The highest BCUT2D eigenvalue weighted by Gasteiger charge is 2.05. The van der Waals surface area contributed by atoms with Crippen molar-refractivity contribution in [2.75, 3.05) is 0 Å². The summed E-state index contributed by atoms with van der Waals surface area (Å²) >= 11 is 3.49. The van der Waals surface area contributed by atoms with Crippen molar-refractivity contribution in [1.82, 2.24) is 5.32 Å². The number of benzene rings is 1. The standard InChI is InChI=1S/C13H20BrNO/c1-9-6-12(4-5-13(9)14)8-15-10(2)7-11(3)16/h4-6,10-11,15-16H,7-8H2,1-3H3. The number of halogens is 1. The Labute approximate surface area is 106 Å². The molecule has 0 saturated carbocycles. The van der Waals surface area contributed by atoms with Crippen LogP contribution in [0.25, 0.3) is 0 Å². The van der Waals surface area contributed by atoms with Gasteiger partial charge in [0.05, 0.1) is 6.10 Å². The summed E-state index contributed by atoms with van der Waals surface area (Å²) in [7, 11) is 0. The molecule has 0 aliphatic rings. The number of aliphatic hydroxyl groups excluding tert-OH is 1. The third-order valence-corrected chi connectivity index (χ3v) is 3.46. The summed E-state index contributed by atoms with van der Waals surface area (Å²) in [6.07, 6.45) is 0.546. The van der Waals surface area contributed by atoms with E-state index in [-0.39, 0.29) is 6.10 Å². The minimum atomic E-state index is -0.242. The van der Waals surface area contributed by atoms with Crippen LogP contribution in [0.3, 0.4) is 0 Å². The number of hydrogen-bond acceptors (Lipinski definition) is 2. The van der Waals surface area contributed by atoms with Crippen molar-refractivity contribution < 1.29 is 5.11 Å². The minimum absolute atomic E-state index is 0.242. The van der Waals surface area contributed by atoms with Crippen molar-refractivity contribution in [2.45, 2.75) is 45.9 Å². The van der Waals surface area contributed by atoms with Crippen molar-refractivity contribution in [2.24, 2.45) is 0 Å². The average molecular weight is 286 g/mol. The fourth-order valence-electron chi connectivity index (χ4n) is 1.70. The van der Waals surface area contributed by atoms with E-state index >= 15 is 0 Å². The van der Waals surface area contributed by atoms with Gasteiger partial charge in [0, 0.05) is 17.1 Å². The molecule has 2 N–H and O–H groups in total. The lowest BCUT2D eigenvalue weighted by molar-refractivity contribution is 0.170. The van der Waals surface area contributed by atoms with E-state index in [0.717, 1.165) is 17.4 Å². The molecule has 3 heteroatoms. The number of hydrogen-bond donors (Lipinski definition) is 2. The van der Waals surface area contributed by atoms with E-state index < -0.39 is 0 Å². The Kier molecular flexibility index (Phi) is 5.46. The van der Waals surface area contributed by atoms with Crippen molar-refractivity contribution in [3.8, 4) is 0 Å². The second kappa shape index (κ2) is 6.38. The minimum Gasteiger partial charge on any atom is -0.393 e. The first-order chi connectivity index (χ1) is 7.49. The van der Waals surface area contributed by atoms with Gasteiger partial charge in [0.2, 0.25) is 0 Å². The summed E-state index contributed by atoms with van der Waals surface area (Å²) in [5.74, 6) is 0. The first kappa shape index (κ1) is 13.7. The number of aryl methyl sites for hydroxylation is 1. The van der Waals surface area contributed by atoms with Gasteiger partial charge in [-0.2, -0.15) is 0 Å². The molecular weight excluding hydrogens is 266 g/mol. The molecule has 0 bridgehead atoms. The van der Waals surface area contributed by atoms with Crippen LogP contribution in [0, 0.1) is 6.92 Å². The average Bonchev–Trinajstić information content (AvgIpc) is 2.19. The SMILES string of the molecule is Cc1cc(CNC(C)CC(C)O)ccc1Br. The topological polar surface area (TPSA) is 32.3 Å². The lowest BCUT2D eigenvalue weighted by Crippen LogP contribution is -2.28.